The van der Waals surface area contributed by atoms with Crippen molar-refractivity contribution in [3.05, 3.63) is 132 Å². The summed E-state index contributed by atoms with van der Waals surface area (Å²) in [5, 5.41) is 13.7. The molecule has 0 bridgehead atoms. The summed E-state index contributed by atoms with van der Waals surface area (Å²) in [6, 6.07) is 70.9. The van der Waals surface area contributed by atoms with E-state index in [-0.39, 0.29) is 0 Å². The molecule has 1 nitrogen and oxygen atoms in total. The van der Waals surface area contributed by atoms with Crippen LogP contribution in [0.3, 0.4) is 0 Å². The molecule has 88 heavy (non-hydrogen) atoms. The first kappa shape index (κ1) is 74.8. The molecule has 1 aliphatic carbocycles. The highest BCUT2D eigenvalue weighted by Crippen LogP contribution is 2.65. The highest BCUT2D eigenvalue weighted by molar-refractivity contribution is 7.96. The van der Waals surface area contributed by atoms with E-state index in [0.29, 0.717) is 5.66 Å². The van der Waals surface area contributed by atoms with Gasteiger partial charge >= 0.3 is 0 Å². The Labute approximate surface area is 551 Å². The van der Waals surface area contributed by atoms with Crippen molar-refractivity contribution < 1.29 is 0 Å². The van der Waals surface area contributed by atoms with Crippen LogP contribution < -0.4 is 46.8 Å². The zero-order valence-corrected chi connectivity index (χ0v) is 65.2. The van der Waals surface area contributed by atoms with Crippen LogP contribution in [-0.2, 0) is 12.8 Å². The fraction of sp³-hybridized carbons (Fsp3) is 0.630. The van der Waals surface area contributed by atoms with E-state index >= 15 is 0 Å². The maximum Gasteiger partial charge on any atom is 0.153 e. The third-order valence-corrected chi connectivity index (χ3v) is 51.3. The Morgan fingerprint density at radius 2 is 0.545 bits per heavy atom. The molecule has 488 valence electrons. The Morgan fingerprint density at radius 3 is 0.795 bits per heavy atom. The lowest BCUT2D eigenvalue weighted by atomic mass is 10.1. The summed E-state index contributed by atoms with van der Waals surface area (Å²) in [5.41, 5.74) is 3.65. The van der Waals surface area contributed by atoms with Gasteiger partial charge in [-0.25, -0.2) is 0 Å². The lowest BCUT2D eigenvalue weighted by Gasteiger charge is -2.40. The Balaban J connectivity index is 1.85. The molecule has 5 aromatic carbocycles. The SMILES string of the molecule is CCCC[Si](CCCC)(CCCC)c1cccc(P(N[P+](c2cccc([Si](CCCC)(CCCC)CCCC)c2)(c2cccc([Si](CCCC)(CCCC)CCCC)c2)C2Cc3ccccc3C2)c2cccc([Si](CCCC)(CCCC)CCCC)c2)c1. The summed E-state index contributed by atoms with van der Waals surface area (Å²) in [4.78, 5) is 5.38. The normalized spacial score (nSPS) is 13.5. The predicted octanol–water partition coefficient (Wildman–Crippen LogP) is 22.6. The van der Waals surface area contributed by atoms with Gasteiger partial charge in [-0.05, 0) is 46.0 Å². The van der Waals surface area contributed by atoms with Crippen molar-refractivity contribution in [2.75, 3.05) is 0 Å². The summed E-state index contributed by atoms with van der Waals surface area (Å²) >= 11 is 0. The summed E-state index contributed by atoms with van der Waals surface area (Å²) < 4.78 is 0. The number of nitrogens with one attached hydrogen (secondary N) is 1. The van der Waals surface area contributed by atoms with E-state index in [9.17, 15) is 0 Å². The van der Waals surface area contributed by atoms with Crippen LogP contribution in [0.2, 0.25) is 72.5 Å². The molecule has 0 heterocycles. The topological polar surface area (TPSA) is 12.0 Å². The molecule has 0 fully saturated rings. The molecule has 1 aliphatic rings. The summed E-state index contributed by atoms with van der Waals surface area (Å²) in [5.74, 6) is 0. The van der Waals surface area contributed by atoms with E-state index in [4.69, 9.17) is 4.86 Å². The molecule has 0 aliphatic heterocycles. The van der Waals surface area contributed by atoms with Crippen LogP contribution in [0, 0.1) is 0 Å². The van der Waals surface area contributed by atoms with Crippen molar-refractivity contribution in [2.24, 2.45) is 0 Å². The maximum absolute atomic E-state index is 5.38. The van der Waals surface area contributed by atoms with Crippen LogP contribution in [0.4, 0.5) is 0 Å². The zero-order valence-electron chi connectivity index (χ0n) is 59.4. The van der Waals surface area contributed by atoms with Gasteiger partial charge in [0.2, 0.25) is 0 Å². The number of unbranched alkanes of at least 4 members (excludes halogenated alkanes) is 12. The second kappa shape index (κ2) is 39.5. The molecule has 0 spiro atoms. The number of fused-ring (bicyclic) bond motifs is 1. The molecule has 5 aromatic rings. The number of hydrogen-bond donors (Lipinski definition) is 1. The smallest absolute Gasteiger partial charge is 0.153 e. The van der Waals surface area contributed by atoms with Gasteiger partial charge in [0.05, 0.1) is 40.4 Å². The highest BCUT2D eigenvalue weighted by atomic mass is 31.2. The van der Waals surface area contributed by atoms with E-state index in [2.05, 4.69) is 204 Å². The lowest BCUT2D eigenvalue weighted by Crippen LogP contribution is -2.52. The van der Waals surface area contributed by atoms with Crippen LogP contribution in [-0.4, -0.2) is 38.0 Å². The first-order chi connectivity index (χ1) is 43.0. The van der Waals surface area contributed by atoms with Crippen LogP contribution in [0.5, 0.6) is 0 Å². The molecule has 0 saturated carbocycles. The molecule has 0 aromatic heterocycles. The van der Waals surface area contributed by atoms with E-state index in [1.807, 2.05) is 0 Å². The van der Waals surface area contributed by atoms with Gasteiger partial charge in [-0.2, -0.15) is 4.86 Å². The van der Waals surface area contributed by atoms with Gasteiger partial charge in [0, 0.05) is 12.8 Å². The Morgan fingerprint density at radius 1 is 0.307 bits per heavy atom. The van der Waals surface area contributed by atoms with Gasteiger partial charge in [0.1, 0.15) is 16.3 Å². The predicted molar refractivity (Wildman–Crippen MR) is 417 cm³/mol. The third-order valence-electron chi connectivity index (χ3n) is 22.1. The maximum atomic E-state index is 5.38. The van der Waals surface area contributed by atoms with Crippen LogP contribution in [0.15, 0.2) is 121 Å². The van der Waals surface area contributed by atoms with Crippen molar-refractivity contribution in [1.82, 2.24) is 4.86 Å². The Bertz CT molecular complexity index is 2460. The largest absolute Gasteiger partial charge is 0.154 e. The molecule has 0 atom stereocenters. The molecule has 0 saturated heterocycles. The minimum absolute atomic E-state index is 0.446. The van der Waals surface area contributed by atoms with Crippen molar-refractivity contribution in [3.8, 4) is 0 Å². The van der Waals surface area contributed by atoms with Crippen molar-refractivity contribution in [1.29, 1.82) is 0 Å². The van der Waals surface area contributed by atoms with Gasteiger partial charge in [0.25, 0.3) is 0 Å². The van der Waals surface area contributed by atoms with E-state index in [0.717, 1.165) is 12.8 Å². The first-order valence-corrected chi connectivity index (χ1v) is 51.6. The average molecular weight is 1300 g/mol. The molecule has 7 heteroatoms. The average Bonchev–Trinajstić information content (AvgIpc) is 1.34. The fourth-order valence-corrected chi connectivity index (χ4v) is 47.9. The second-order valence-electron chi connectivity index (χ2n) is 28.6. The number of rotatable bonds is 47. The summed E-state index contributed by atoms with van der Waals surface area (Å²) in [6.45, 7) is 29.5. The highest BCUT2D eigenvalue weighted by Gasteiger charge is 2.56. The molecule has 1 N–H and O–H groups in total. The lowest BCUT2D eigenvalue weighted by molar-refractivity contribution is 0.800. The zero-order chi connectivity index (χ0) is 63.1. The van der Waals surface area contributed by atoms with Gasteiger partial charge < -0.3 is 0 Å². The van der Waals surface area contributed by atoms with Gasteiger partial charge in [0.15, 0.2) is 7.41 Å². The van der Waals surface area contributed by atoms with E-state index in [1.54, 1.807) is 53.1 Å². The monoisotopic (exact) mass is 1290 g/mol. The van der Waals surface area contributed by atoms with E-state index < -0.39 is 47.8 Å². The van der Waals surface area contributed by atoms with Crippen LogP contribution >= 0.6 is 15.5 Å². The quantitative estimate of drug-likeness (QED) is 0.0302. The summed E-state index contributed by atoms with van der Waals surface area (Å²) in [6.07, 6.45) is 34.1. The molecule has 0 unspecified atom stereocenters. The Kier molecular flexibility index (Phi) is 33.6. The van der Waals surface area contributed by atoms with E-state index in [1.165, 1.54) is 227 Å². The second-order valence-corrected chi connectivity index (χ2v) is 52.8. The minimum Gasteiger partial charge on any atom is -0.154 e. The number of benzene rings is 5. The van der Waals surface area contributed by atoms with Crippen molar-refractivity contribution >= 4 is 89.7 Å². The molecular formula is C81H134NP2Si4+. The molecular weight excluding hydrogens is 1160 g/mol. The summed E-state index contributed by atoms with van der Waals surface area (Å²) in [7, 11) is -11.2. The van der Waals surface area contributed by atoms with Gasteiger partial charge in [-0.15, -0.1) is 0 Å². The van der Waals surface area contributed by atoms with Gasteiger partial charge in [-0.3, -0.25) is 0 Å². The van der Waals surface area contributed by atoms with Crippen LogP contribution in [0.1, 0.15) is 248 Å². The molecule has 0 amide bonds. The standard InChI is InChI=1S/C81H134NP2Si4/c1-13-25-53-85(54-26-14-2,55-27-15-3)78-49-39-45-73(67-78)83(74-46-40-50-79(68-74)86(56-28-16-4,57-29-17-5)58-30-18-6)82-84(77-65-71-43-37-38-44-72(71)66-77,75-47-41-51-80(69-75)87(59-31-19-7,60-32-20-8)61-33-21-9)76-48-42-52-81(70-76)88(62-34-22-10,63-35-23-11)64-36-24-12/h37-52,67-70,77,82H,13-36,53-66H2,1-12H3/q+1. The van der Waals surface area contributed by atoms with Crippen molar-refractivity contribution in [2.45, 2.75) is 328 Å². The van der Waals surface area contributed by atoms with Crippen LogP contribution in [0.25, 0.3) is 0 Å². The third kappa shape index (κ3) is 19.5. The fourth-order valence-electron chi connectivity index (χ4n) is 16.5. The first-order valence-electron chi connectivity index (χ1n) is 38.0. The minimum atomic E-state index is -2.54. The van der Waals surface area contributed by atoms with Gasteiger partial charge in [-0.1, -0.05) is 428 Å². The van der Waals surface area contributed by atoms with Crippen molar-refractivity contribution in [3.63, 3.8) is 0 Å². The number of hydrogen-bond acceptors (Lipinski definition) is 1. The molecule has 6 rings (SSSR count). The Hall–Kier alpha value is -2.21. The molecule has 0 radical (unpaired) electrons.